The van der Waals surface area contributed by atoms with Crippen LogP contribution in [0, 0.1) is 5.92 Å². The van der Waals surface area contributed by atoms with Crippen molar-refractivity contribution in [1.82, 2.24) is 15.3 Å². The Bertz CT molecular complexity index is 619. The second-order valence-corrected chi connectivity index (χ2v) is 6.90. The quantitative estimate of drug-likeness (QED) is 0.881. The van der Waals surface area contributed by atoms with E-state index in [1.165, 1.54) is 12.7 Å². The molecule has 1 unspecified atom stereocenters. The van der Waals surface area contributed by atoms with Gasteiger partial charge in [-0.1, -0.05) is 0 Å². The van der Waals surface area contributed by atoms with Gasteiger partial charge in [0.25, 0.3) is 0 Å². The summed E-state index contributed by atoms with van der Waals surface area (Å²) in [5.74, 6) is 0.601. The normalized spacial score (nSPS) is 21.6. The maximum atomic E-state index is 12.3. The van der Waals surface area contributed by atoms with Gasteiger partial charge in [0.05, 0.1) is 5.92 Å². The van der Waals surface area contributed by atoms with Crippen molar-refractivity contribution in [3.63, 3.8) is 0 Å². The molecule has 1 atom stereocenters. The second kappa shape index (κ2) is 8.09. The number of carbonyl (C=O) groups excluding carboxylic acids is 1. The molecular formula is C17H24F3N5O. The van der Waals surface area contributed by atoms with Crippen molar-refractivity contribution in [1.29, 1.82) is 0 Å². The molecule has 1 aromatic rings. The van der Waals surface area contributed by atoms with Crippen LogP contribution < -0.4 is 15.1 Å². The number of piperidine rings is 2. The first-order valence-corrected chi connectivity index (χ1v) is 9.09. The van der Waals surface area contributed by atoms with E-state index >= 15 is 0 Å². The second-order valence-electron chi connectivity index (χ2n) is 6.90. The number of alkyl halides is 3. The predicted octanol–water partition coefficient (Wildman–Crippen LogP) is 2.36. The third-order valence-corrected chi connectivity index (χ3v) is 4.90. The number of hydrogen-bond donors (Lipinski definition) is 1. The van der Waals surface area contributed by atoms with Gasteiger partial charge < -0.3 is 15.1 Å². The molecule has 0 saturated carbocycles. The number of carbonyl (C=O) groups is 1. The molecule has 0 bridgehead atoms. The fraction of sp³-hybridized carbons (Fsp3) is 0.706. The third kappa shape index (κ3) is 4.98. The topological polar surface area (TPSA) is 61.4 Å². The molecule has 1 amide bonds. The number of amides is 1. The van der Waals surface area contributed by atoms with Gasteiger partial charge in [-0.05, 0) is 32.1 Å². The Morgan fingerprint density at radius 3 is 2.42 bits per heavy atom. The van der Waals surface area contributed by atoms with Gasteiger partial charge in [0.15, 0.2) is 0 Å². The molecular weight excluding hydrogens is 347 g/mol. The molecule has 0 aromatic carbocycles. The number of aromatic nitrogens is 2. The minimum Gasteiger partial charge on any atom is -0.356 e. The van der Waals surface area contributed by atoms with Gasteiger partial charge in [0.1, 0.15) is 24.5 Å². The van der Waals surface area contributed by atoms with Crippen LogP contribution in [-0.4, -0.2) is 54.8 Å². The molecule has 1 aromatic heterocycles. The monoisotopic (exact) mass is 371 g/mol. The summed E-state index contributed by atoms with van der Waals surface area (Å²) in [6.45, 7) is 1.77. The minimum atomic E-state index is -4.39. The molecule has 2 fully saturated rings. The maximum Gasteiger partial charge on any atom is 0.405 e. The lowest BCUT2D eigenvalue weighted by molar-refractivity contribution is -0.140. The van der Waals surface area contributed by atoms with Crippen molar-refractivity contribution in [2.75, 3.05) is 42.5 Å². The maximum absolute atomic E-state index is 12.3. The van der Waals surface area contributed by atoms with Gasteiger partial charge in [-0.15, -0.1) is 0 Å². The van der Waals surface area contributed by atoms with E-state index in [0.717, 1.165) is 50.5 Å². The fourth-order valence-electron chi connectivity index (χ4n) is 3.54. The molecule has 2 aliphatic rings. The van der Waals surface area contributed by atoms with E-state index < -0.39 is 24.5 Å². The van der Waals surface area contributed by atoms with E-state index in [1.54, 1.807) is 0 Å². The van der Waals surface area contributed by atoms with Crippen LogP contribution in [0.3, 0.4) is 0 Å². The highest BCUT2D eigenvalue weighted by Gasteiger charge is 2.31. The van der Waals surface area contributed by atoms with E-state index in [2.05, 4.69) is 14.9 Å². The molecule has 0 spiro atoms. The summed E-state index contributed by atoms with van der Waals surface area (Å²) in [6, 6.07) is 1.92. The first kappa shape index (κ1) is 18.7. The van der Waals surface area contributed by atoms with Crippen LogP contribution in [-0.2, 0) is 4.79 Å². The summed E-state index contributed by atoms with van der Waals surface area (Å²) in [5.41, 5.74) is 0. The van der Waals surface area contributed by atoms with Crippen LogP contribution in [0.2, 0.25) is 0 Å². The van der Waals surface area contributed by atoms with E-state index in [4.69, 9.17) is 0 Å². The van der Waals surface area contributed by atoms with E-state index in [1.807, 2.05) is 16.3 Å². The number of hydrogen-bond acceptors (Lipinski definition) is 5. The molecule has 3 rings (SSSR count). The zero-order valence-electron chi connectivity index (χ0n) is 14.6. The van der Waals surface area contributed by atoms with Crippen LogP contribution in [0.25, 0.3) is 0 Å². The van der Waals surface area contributed by atoms with Crippen LogP contribution in [0.1, 0.15) is 32.1 Å². The van der Waals surface area contributed by atoms with Gasteiger partial charge in [-0.25, -0.2) is 9.97 Å². The summed E-state index contributed by atoms with van der Waals surface area (Å²) in [5, 5.41) is 2.00. The van der Waals surface area contributed by atoms with Crippen molar-refractivity contribution in [3.05, 3.63) is 12.4 Å². The predicted molar refractivity (Wildman–Crippen MR) is 92.1 cm³/mol. The van der Waals surface area contributed by atoms with E-state index in [-0.39, 0.29) is 0 Å². The van der Waals surface area contributed by atoms with Gasteiger partial charge >= 0.3 is 6.18 Å². The zero-order valence-corrected chi connectivity index (χ0v) is 14.6. The van der Waals surface area contributed by atoms with Crippen molar-refractivity contribution < 1.29 is 18.0 Å². The summed E-state index contributed by atoms with van der Waals surface area (Å²) >= 11 is 0. The lowest BCUT2D eigenvalue weighted by Crippen LogP contribution is -2.45. The Hall–Kier alpha value is -2.06. The van der Waals surface area contributed by atoms with Crippen molar-refractivity contribution in [2.45, 2.75) is 38.3 Å². The average Bonchev–Trinajstić information content (AvgIpc) is 2.66. The van der Waals surface area contributed by atoms with E-state index in [0.29, 0.717) is 13.0 Å². The largest absolute Gasteiger partial charge is 0.405 e. The molecule has 0 radical (unpaired) electrons. The van der Waals surface area contributed by atoms with Gasteiger partial charge in [-0.2, -0.15) is 13.2 Å². The fourth-order valence-corrected chi connectivity index (χ4v) is 3.54. The minimum absolute atomic E-state index is 0.375. The number of halogens is 3. The lowest BCUT2D eigenvalue weighted by Gasteiger charge is -2.34. The van der Waals surface area contributed by atoms with Crippen LogP contribution in [0.4, 0.5) is 24.8 Å². The number of rotatable bonds is 4. The highest BCUT2D eigenvalue weighted by molar-refractivity contribution is 5.79. The molecule has 0 aliphatic carbocycles. The Kier molecular flexibility index (Phi) is 5.83. The lowest BCUT2D eigenvalue weighted by atomic mass is 9.97. The number of nitrogens with zero attached hydrogens (tertiary/aromatic N) is 4. The summed E-state index contributed by atoms with van der Waals surface area (Å²) in [4.78, 5) is 24.9. The first-order chi connectivity index (χ1) is 12.4. The standard InChI is InChI=1S/C17H24F3N5O/c18-17(19,20)11-21-16(26)13-5-4-8-25(10-13)15-9-14(22-12-23-15)24-6-2-1-3-7-24/h9,12-13H,1-8,10-11H2,(H,21,26). The number of nitrogens with one attached hydrogen (secondary N) is 1. The Labute approximate surface area is 150 Å². The molecule has 1 N–H and O–H groups in total. The Balaban J connectivity index is 1.63. The van der Waals surface area contributed by atoms with Gasteiger partial charge in [0.2, 0.25) is 5.91 Å². The van der Waals surface area contributed by atoms with Crippen LogP contribution in [0.5, 0.6) is 0 Å². The molecule has 3 heterocycles. The summed E-state index contributed by atoms with van der Waals surface area (Å²) in [6.07, 6.45) is 1.98. The van der Waals surface area contributed by atoms with Crippen LogP contribution in [0.15, 0.2) is 12.4 Å². The van der Waals surface area contributed by atoms with Crippen molar-refractivity contribution in [2.24, 2.45) is 5.92 Å². The molecule has 2 aliphatic heterocycles. The summed E-state index contributed by atoms with van der Waals surface area (Å²) < 4.78 is 36.9. The van der Waals surface area contributed by atoms with Gasteiger partial charge in [0, 0.05) is 32.2 Å². The SMILES string of the molecule is O=C(NCC(F)(F)F)C1CCCN(c2cc(N3CCCCC3)ncn2)C1. The zero-order chi connectivity index (χ0) is 18.6. The average molecular weight is 371 g/mol. The summed E-state index contributed by atoms with van der Waals surface area (Å²) in [7, 11) is 0. The Morgan fingerprint density at radius 2 is 1.73 bits per heavy atom. The Morgan fingerprint density at radius 1 is 1.08 bits per heavy atom. The first-order valence-electron chi connectivity index (χ1n) is 9.09. The third-order valence-electron chi connectivity index (χ3n) is 4.90. The molecule has 26 heavy (non-hydrogen) atoms. The highest BCUT2D eigenvalue weighted by atomic mass is 19.4. The van der Waals surface area contributed by atoms with Crippen molar-refractivity contribution in [3.8, 4) is 0 Å². The molecule has 2 saturated heterocycles. The molecule has 6 nitrogen and oxygen atoms in total. The smallest absolute Gasteiger partial charge is 0.356 e. The molecule has 9 heteroatoms. The number of anilines is 2. The van der Waals surface area contributed by atoms with E-state index in [9.17, 15) is 18.0 Å². The highest BCUT2D eigenvalue weighted by Crippen LogP contribution is 2.25. The van der Waals surface area contributed by atoms with Gasteiger partial charge in [-0.3, -0.25) is 4.79 Å². The van der Waals surface area contributed by atoms with Crippen LogP contribution >= 0.6 is 0 Å². The van der Waals surface area contributed by atoms with Crippen molar-refractivity contribution >= 4 is 17.5 Å². The molecule has 144 valence electrons.